The SMILES string of the molecule is C[C@@H](c1ccc(S(C)(=O)=O)cc1)N(C)C[C@@H](O)c1ccccc1Cl. The lowest BCUT2D eigenvalue weighted by atomic mass is 10.1. The summed E-state index contributed by atoms with van der Waals surface area (Å²) < 4.78 is 23.1. The predicted molar refractivity (Wildman–Crippen MR) is 97.0 cm³/mol. The molecule has 1 N–H and O–H groups in total. The Morgan fingerprint density at radius 1 is 1.12 bits per heavy atom. The van der Waals surface area contributed by atoms with Gasteiger partial charge in [0.05, 0.1) is 11.0 Å². The lowest BCUT2D eigenvalue weighted by molar-refractivity contribution is 0.108. The summed E-state index contributed by atoms with van der Waals surface area (Å²) in [7, 11) is -1.28. The average molecular weight is 368 g/mol. The van der Waals surface area contributed by atoms with Gasteiger partial charge in [-0.1, -0.05) is 41.9 Å². The van der Waals surface area contributed by atoms with Gasteiger partial charge < -0.3 is 5.11 Å². The Labute approximate surface area is 148 Å². The summed E-state index contributed by atoms with van der Waals surface area (Å²) in [6.45, 7) is 2.42. The second kappa shape index (κ2) is 7.66. The van der Waals surface area contributed by atoms with Crippen molar-refractivity contribution in [3.8, 4) is 0 Å². The maximum Gasteiger partial charge on any atom is 0.175 e. The quantitative estimate of drug-likeness (QED) is 0.849. The lowest BCUT2D eigenvalue weighted by Crippen LogP contribution is -2.27. The van der Waals surface area contributed by atoms with Gasteiger partial charge in [0.1, 0.15) is 0 Å². The number of likely N-dealkylation sites (N-methyl/N-ethyl adjacent to an activating group) is 1. The molecular formula is C18H22ClNO3S. The van der Waals surface area contributed by atoms with Gasteiger partial charge in [0, 0.05) is 29.4 Å². The van der Waals surface area contributed by atoms with Crippen LogP contribution in [0.4, 0.5) is 0 Å². The summed E-state index contributed by atoms with van der Waals surface area (Å²) in [6, 6.07) is 14.1. The highest BCUT2D eigenvalue weighted by molar-refractivity contribution is 7.90. The Kier molecular flexibility index (Phi) is 6.04. The Balaban J connectivity index is 2.09. The molecule has 0 unspecified atom stereocenters. The Bertz CT molecular complexity index is 790. The molecule has 0 amide bonds. The molecule has 2 aromatic carbocycles. The van der Waals surface area contributed by atoms with Crippen molar-refractivity contribution in [2.75, 3.05) is 19.8 Å². The van der Waals surface area contributed by atoms with E-state index in [4.69, 9.17) is 11.6 Å². The van der Waals surface area contributed by atoms with Crippen molar-refractivity contribution >= 4 is 21.4 Å². The second-order valence-electron chi connectivity index (χ2n) is 5.99. The number of nitrogens with zero attached hydrogens (tertiary/aromatic N) is 1. The highest BCUT2D eigenvalue weighted by atomic mass is 35.5. The van der Waals surface area contributed by atoms with Crippen LogP contribution in [0.25, 0.3) is 0 Å². The van der Waals surface area contributed by atoms with Crippen LogP contribution in [0.5, 0.6) is 0 Å². The molecule has 2 aromatic rings. The molecule has 0 aromatic heterocycles. The third-order valence-electron chi connectivity index (χ3n) is 4.18. The predicted octanol–water partition coefficient (Wildman–Crippen LogP) is 3.47. The third kappa shape index (κ3) is 4.57. The van der Waals surface area contributed by atoms with Crippen LogP contribution < -0.4 is 0 Å². The van der Waals surface area contributed by atoms with Crippen LogP contribution >= 0.6 is 11.6 Å². The normalized spacial score (nSPS) is 14.6. The van der Waals surface area contributed by atoms with E-state index in [0.717, 1.165) is 5.56 Å². The Morgan fingerprint density at radius 3 is 2.25 bits per heavy atom. The van der Waals surface area contributed by atoms with Crippen LogP contribution in [-0.4, -0.2) is 38.3 Å². The van der Waals surface area contributed by atoms with Gasteiger partial charge in [0.2, 0.25) is 0 Å². The summed E-state index contributed by atoms with van der Waals surface area (Å²) in [5.41, 5.74) is 1.68. The van der Waals surface area contributed by atoms with Crippen molar-refractivity contribution < 1.29 is 13.5 Å². The number of hydrogen-bond donors (Lipinski definition) is 1. The highest BCUT2D eigenvalue weighted by Gasteiger charge is 2.18. The minimum Gasteiger partial charge on any atom is -0.387 e. The van der Waals surface area contributed by atoms with Crippen LogP contribution in [0.1, 0.15) is 30.2 Å². The van der Waals surface area contributed by atoms with E-state index in [2.05, 4.69) is 0 Å². The standard InChI is InChI=1S/C18H22ClNO3S/c1-13(14-8-10-15(11-9-14)24(3,22)23)20(2)12-18(21)16-6-4-5-7-17(16)19/h4-11,13,18,21H,12H2,1-3H3/t13-,18+/m0/s1. The number of aliphatic hydroxyl groups excluding tert-OH is 1. The molecule has 0 aliphatic heterocycles. The Morgan fingerprint density at radius 2 is 1.71 bits per heavy atom. The first-order valence-electron chi connectivity index (χ1n) is 7.63. The van der Waals surface area contributed by atoms with Gasteiger partial charge in [-0.25, -0.2) is 8.42 Å². The molecule has 130 valence electrons. The molecule has 0 heterocycles. The summed E-state index contributed by atoms with van der Waals surface area (Å²) in [4.78, 5) is 2.31. The zero-order chi connectivity index (χ0) is 17.9. The van der Waals surface area contributed by atoms with Crippen molar-refractivity contribution in [1.29, 1.82) is 0 Å². The molecular weight excluding hydrogens is 346 g/mol. The monoisotopic (exact) mass is 367 g/mol. The van der Waals surface area contributed by atoms with Crippen LogP contribution in [0, 0.1) is 0 Å². The van der Waals surface area contributed by atoms with E-state index in [1.54, 1.807) is 30.3 Å². The second-order valence-corrected chi connectivity index (χ2v) is 8.42. The van der Waals surface area contributed by atoms with Crippen molar-refractivity contribution in [2.45, 2.75) is 24.0 Å². The maximum atomic E-state index is 11.5. The molecule has 2 rings (SSSR count). The molecule has 24 heavy (non-hydrogen) atoms. The van der Waals surface area contributed by atoms with Gasteiger partial charge in [0.15, 0.2) is 9.84 Å². The number of halogens is 1. The van der Waals surface area contributed by atoms with Crippen LogP contribution in [0.3, 0.4) is 0 Å². The smallest absolute Gasteiger partial charge is 0.175 e. The van der Waals surface area contributed by atoms with Gasteiger partial charge in [-0.3, -0.25) is 4.90 Å². The summed E-state index contributed by atoms with van der Waals surface area (Å²) in [5.74, 6) is 0. The lowest BCUT2D eigenvalue weighted by Gasteiger charge is -2.28. The number of sulfone groups is 1. The fourth-order valence-electron chi connectivity index (χ4n) is 2.52. The van der Waals surface area contributed by atoms with E-state index >= 15 is 0 Å². The van der Waals surface area contributed by atoms with Crippen molar-refractivity contribution in [1.82, 2.24) is 4.90 Å². The maximum absolute atomic E-state index is 11.5. The molecule has 0 saturated heterocycles. The van der Waals surface area contributed by atoms with E-state index in [1.807, 2.05) is 37.1 Å². The van der Waals surface area contributed by atoms with Gasteiger partial charge in [-0.15, -0.1) is 0 Å². The number of benzene rings is 2. The average Bonchev–Trinajstić information content (AvgIpc) is 2.53. The van der Waals surface area contributed by atoms with E-state index in [1.165, 1.54) is 6.26 Å². The molecule has 2 atom stereocenters. The molecule has 0 aliphatic carbocycles. The van der Waals surface area contributed by atoms with Gasteiger partial charge in [-0.2, -0.15) is 0 Å². The molecule has 0 aliphatic rings. The summed E-state index contributed by atoms with van der Waals surface area (Å²) in [6.07, 6.45) is 0.499. The zero-order valence-corrected chi connectivity index (χ0v) is 15.6. The number of hydrogen-bond acceptors (Lipinski definition) is 4. The molecule has 0 bridgehead atoms. The van der Waals surface area contributed by atoms with E-state index < -0.39 is 15.9 Å². The number of aliphatic hydroxyl groups is 1. The van der Waals surface area contributed by atoms with Crippen molar-refractivity contribution in [2.24, 2.45) is 0 Å². The van der Waals surface area contributed by atoms with Crippen LogP contribution in [0.2, 0.25) is 5.02 Å². The first kappa shape index (κ1) is 18.9. The summed E-state index contributed by atoms with van der Waals surface area (Å²) >= 11 is 6.12. The Hall–Kier alpha value is -1.40. The first-order valence-corrected chi connectivity index (χ1v) is 9.90. The minimum atomic E-state index is -3.19. The minimum absolute atomic E-state index is 0.0238. The van der Waals surface area contributed by atoms with Gasteiger partial charge >= 0.3 is 0 Å². The van der Waals surface area contributed by atoms with E-state index in [9.17, 15) is 13.5 Å². The topological polar surface area (TPSA) is 57.6 Å². The fraction of sp³-hybridized carbons (Fsp3) is 0.333. The van der Waals surface area contributed by atoms with Crippen LogP contribution in [-0.2, 0) is 9.84 Å². The molecule has 0 spiro atoms. The van der Waals surface area contributed by atoms with Crippen molar-refractivity contribution in [3.05, 3.63) is 64.7 Å². The molecule has 0 saturated carbocycles. The zero-order valence-electron chi connectivity index (χ0n) is 14.0. The third-order valence-corrected chi connectivity index (χ3v) is 5.65. The number of rotatable bonds is 6. The molecule has 4 nitrogen and oxygen atoms in total. The largest absolute Gasteiger partial charge is 0.387 e. The van der Waals surface area contributed by atoms with Crippen LogP contribution in [0.15, 0.2) is 53.4 Å². The fourth-order valence-corrected chi connectivity index (χ4v) is 3.41. The highest BCUT2D eigenvalue weighted by Crippen LogP contribution is 2.26. The molecule has 6 heteroatoms. The van der Waals surface area contributed by atoms with Gasteiger partial charge in [-0.05, 0) is 37.7 Å². The summed E-state index contributed by atoms with van der Waals surface area (Å²) in [5, 5.41) is 11.0. The van der Waals surface area contributed by atoms with Crippen molar-refractivity contribution in [3.63, 3.8) is 0 Å². The molecule has 0 radical (unpaired) electrons. The van der Waals surface area contributed by atoms with E-state index in [-0.39, 0.29) is 6.04 Å². The first-order chi connectivity index (χ1) is 11.2. The van der Waals surface area contributed by atoms with Gasteiger partial charge in [0.25, 0.3) is 0 Å². The van der Waals surface area contributed by atoms with E-state index in [0.29, 0.717) is 22.0 Å². The molecule has 0 fully saturated rings.